The molecule has 0 aliphatic carbocycles. The lowest BCUT2D eigenvalue weighted by Crippen LogP contribution is -2.48. The van der Waals surface area contributed by atoms with Gasteiger partial charge in [-0.1, -0.05) is 0 Å². The van der Waals surface area contributed by atoms with Gasteiger partial charge < -0.3 is 10.1 Å². The van der Waals surface area contributed by atoms with Gasteiger partial charge in [-0.2, -0.15) is 0 Å². The lowest BCUT2D eigenvalue weighted by molar-refractivity contribution is -0.131. The van der Waals surface area contributed by atoms with Crippen molar-refractivity contribution in [3.05, 3.63) is 30.1 Å². The van der Waals surface area contributed by atoms with Crippen molar-refractivity contribution in [1.82, 2.24) is 5.32 Å². The maximum atomic E-state index is 12.5. The van der Waals surface area contributed by atoms with Gasteiger partial charge in [0.15, 0.2) is 0 Å². The van der Waals surface area contributed by atoms with Gasteiger partial charge in [-0.05, 0) is 30.7 Å². The van der Waals surface area contributed by atoms with Crippen LogP contribution in [0.4, 0.5) is 4.39 Å². The molecule has 15 heavy (non-hydrogen) atoms. The fourth-order valence-electron chi connectivity index (χ4n) is 1.41. The molecule has 1 aromatic rings. The van der Waals surface area contributed by atoms with Crippen molar-refractivity contribution in [3.63, 3.8) is 0 Å². The van der Waals surface area contributed by atoms with Crippen LogP contribution in [0.2, 0.25) is 0 Å². The van der Waals surface area contributed by atoms with E-state index < -0.39 is 0 Å². The number of halogens is 1. The van der Waals surface area contributed by atoms with Crippen LogP contribution in [0.5, 0.6) is 5.75 Å². The molecule has 4 heteroatoms. The predicted octanol–water partition coefficient (Wildman–Crippen LogP) is 1.34. The maximum Gasteiger partial charge on any atom is 0.225 e. The normalized spacial score (nSPS) is 19.3. The summed E-state index contributed by atoms with van der Waals surface area (Å²) in [5.74, 6) is 0.542. The molecule has 0 bridgehead atoms. The number of benzene rings is 1. The molecular formula is C11H12FNO2. The molecule has 1 unspecified atom stereocenters. The smallest absolute Gasteiger partial charge is 0.225 e. The molecule has 1 heterocycles. The standard InChI is InChI=1S/C11H12FNO2/c12-9-1-3-10(4-2-9)15-6-5-8-7-13-11(8)14/h1-4,8H,5-7H2,(H,13,14). The molecule has 0 spiro atoms. The Hall–Kier alpha value is -1.58. The van der Waals surface area contributed by atoms with E-state index in [9.17, 15) is 9.18 Å². The summed E-state index contributed by atoms with van der Waals surface area (Å²) in [4.78, 5) is 10.9. The summed E-state index contributed by atoms with van der Waals surface area (Å²) in [6.07, 6.45) is 0.712. The Balaban J connectivity index is 1.73. The zero-order chi connectivity index (χ0) is 10.7. The van der Waals surface area contributed by atoms with E-state index in [4.69, 9.17) is 4.74 Å². The number of nitrogens with one attached hydrogen (secondary N) is 1. The third kappa shape index (κ3) is 2.46. The zero-order valence-corrected chi connectivity index (χ0v) is 8.20. The van der Waals surface area contributed by atoms with Gasteiger partial charge in [-0.3, -0.25) is 4.79 Å². The molecule has 0 radical (unpaired) electrons. The molecule has 1 atom stereocenters. The molecule has 1 aliphatic heterocycles. The topological polar surface area (TPSA) is 38.3 Å². The molecular weight excluding hydrogens is 197 g/mol. The van der Waals surface area contributed by atoms with Crippen LogP contribution in [-0.4, -0.2) is 19.1 Å². The Morgan fingerprint density at radius 1 is 1.40 bits per heavy atom. The van der Waals surface area contributed by atoms with Crippen molar-refractivity contribution in [2.45, 2.75) is 6.42 Å². The molecule has 1 amide bonds. The minimum atomic E-state index is -0.277. The Bertz CT molecular complexity index is 350. The van der Waals surface area contributed by atoms with Gasteiger partial charge in [0.05, 0.1) is 12.5 Å². The van der Waals surface area contributed by atoms with Crippen LogP contribution < -0.4 is 10.1 Å². The molecule has 1 saturated heterocycles. The second-order valence-corrected chi connectivity index (χ2v) is 3.53. The molecule has 2 rings (SSSR count). The van der Waals surface area contributed by atoms with Crippen LogP contribution >= 0.6 is 0 Å². The fraction of sp³-hybridized carbons (Fsp3) is 0.364. The van der Waals surface area contributed by atoms with Gasteiger partial charge >= 0.3 is 0 Å². The quantitative estimate of drug-likeness (QED) is 0.760. The van der Waals surface area contributed by atoms with E-state index in [1.807, 2.05) is 0 Å². The highest BCUT2D eigenvalue weighted by Crippen LogP contribution is 2.14. The first-order chi connectivity index (χ1) is 7.25. The monoisotopic (exact) mass is 209 g/mol. The highest BCUT2D eigenvalue weighted by molar-refractivity contribution is 5.84. The Morgan fingerprint density at radius 3 is 2.67 bits per heavy atom. The zero-order valence-electron chi connectivity index (χ0n) is 8.20. The second-order valence-electron chi connectivity index (χ2n) is 3.53. The van der Waals surface area contributed by atoms with E-state index >= 15 is 0 Å². The van der Waals surface area contributed by atoms with Crippen molar-refractivity contribution < 1.29 is 13.9 Å². The van der Waals surface area contributed by atoms with E-state index in [0.717, 1.165) is 6.54 Å². The average molecular weight is 209 g/mol. The van der Waals surface area contributed by atoms with Gasteiger partial charge in [-0.25, -0.2) is 4.39 Å². The summed E-state index contributed by atoms with van der Waals surface area (Å²) in [6.45, 7) is 1.23. The lowest BCUT2D eigenvalue weighted by Gasteiger charge is -2.25. The molecule has 1 fully saturated rings. The van der Waals surface area contributed by atoms with E-state index in [1.165, 1.54) is 12.1 Å². The summed E-state index contributed by atoms with van der Waals surface area (Å²) in [7, 11) is 0. The molecule has 80 valence electrons. The van der Waals surface area contributed by atoms with E-state index in [-0.39, 0.29) is 17.6 Å². The van der Waals surface area contributed by atoms with Crippen molar-refractivity contribution >= 4 is 5.91 Å². The van der Waals surface area contributed by atoms with Gasteiger partial charge in [0.1, 0.15) is 11.6 Å². The summed E-state index contributed by atoms with van der Waals surface area (Å²) >= 11 is 0. The third-order valence-electron chi connectivity index (χ3n) is 2.44. The highest BCUT2D eigenvalue weighted by Gasteiger charge is 2.26. The first kappa shape index (κ1) is 9.96. The van der Waals surface area contributed by atoms with Gasteiger partial charge in [0.25, 0.3) is 0 Å². The fourth-order valence-corrected chi connectivity index (χ4v) is 1.41. The third-order valence-corrected chi connectivity index (χ3v) is 2.44. The van der Waals surface area contributed by atoms with Crippen LogP contribution in [0.25, 0.3) is 0 Å². The largest absolute Gasteiger partial charge is 0.494 e. The Kier molecular flexibility index (Phi) is 2.85. The van der Waals surface area contributed by atoms with Crippen molar-refractivity contribution in [2.75, 3.05) is 13.2 Å². The van der Waals surface area contributed by atoms with E-state index in [2.05, 4.69) is 5.32 Å². The van der Waals surface area contributed by atoms with Crippen LogP contribution in [0, 0.1) is 11.7 Å². The molecule has 0 saturated carbocycles. The number of carbonyl (C=O) groups excluding carboxylic acids is 1. The molecule has 0 aromatic heterocycles. The van der Waals surface area contributed by atoms with Crippen molar-refractivity contribution in [3.8, 4) is 5.75 Å². The van der Waals surface area contributed by atoms with Crippen LogP contribution in [-0.2, 0) is 4.79 Å². The number of amides is 1. The Labute approximate surface area is 87.2 Å². The number of ether oxygens (including phenoxy) is 1. The van der Waals surface area contributed by atoms with E-state index in [1.54, 1.807) is 12.1 Å². The van der Waals surface area contributed by atoms with Gasteiger partial charge in [0.2, 0.25) is 5.91 Å². The summed E-state index contributed by atoms with van der Waals surface area (Å²) < 4.78 is 17.9. The van der Waals surface area contributed by atoms with Crippen LogP contribution in [0.3, 0.4) is 0 Å². The molecule has 1 aromatic carbocycles. The SMILES string of the molecule is O=C1NCC1CCOc1ccc(F)cc1. The predicted molar refractivity (Wildman–Crippen MR) is 53.0 cm³/mol. The summed E-state index contributed by atoms with van der Waals surface area (Å²) in [6, 6.07) is 5.86. The first-order valence-electron chi connectivity index (χ1n) is 4.92. The van der Waals surface area contributed by atoms with E-state index in [0.29, 0.717) is 18.8 Å². The minimum Gasteiger partial charge on any atom is -0.494 e. The second kappa shape index (κ2) is 4.29. The number of hydrogen-bond acceptors (Lipinski definition) is 2. The van der Waals surface area contributed by atoms with Crippen molar-refractivity contribution in [1.29, 1.82) is 0 Å². The average Bonchev–Trinajstić information content (AvgIpc) is 2.25. The van der Waals surface area contributed by atoms with Crippen molar-refractivity contribution in [2.24, 2.45) is 5.92 Å². The number of β-lactam (4-membered cyclic amide) rings is 1. The molecule has 3 nitrogen and oxygen atoms in total. The molecule has 1 N–H and O–H groups in total. The van der Waals surface area contributed by atoms with Crippen LogP contribution in [0.15, 0.2) is 24.3 Å². The number of hydrogen-bond donors (Lipinski definition) is 1. The maximum absolute atomic E-state index is 12.5. The summed E-state index contributed by atoms with van der Waals surface area (Å²) in [5, 5.41) is 2.67. The van der Waals surface area contributed by atoms with Gasteiger partial charge in [0, 0.05) is 6.54 Å². The lowest BCUT2D eigenvalue weighted by atomic mass is 9.99. The Morgan fingerprint density at radius 2 is 2.13 bits per heavy atom. The summed E-state index contributed by atoms with van der Waals surface area (Å²) in [5.41, 5.74) is 0. The number of carbonyl (C=O) groups is 1. The van der Waals surface area contributed by atoms with Crippen LogP contribution in [0.1, 0.15) is 6.42 Å². The highest BCUT2D eigenvalue weighted by atomic mass is 19.1. The molecule has 1 aliphatic rings. The number of rotatable bonds is 4. The first-order valence-corrected chi connectivity index (χ1v) is 4.92. The van der Waals surface area contributed by atoms with Gasteiger partial charge in [-0.15, -0.1) is 0 Å². The minimum absolute atomic E-state index is 0.0884.